The van der Waals surface area contributed by atoms with E-state index in [4.69, 9.17) is 5.11 Å². The molecule has 3 nitrogen and oxygen atoms in total. The van der Waals surface area contributed by atoms with Crippen molar-refractivity contribution in [2.75, 3.05) is 42.7 Å². The molecule has 15 heavy (non-hydrogen) atoms. The molecule has 0 aromatic carbocycles. The maximum atomic E-state index is 9.97. The maximum Gasteiger partial charge on any atom is 0.102 e. The predicted octanol–water partition coefficient (Wildman–Crippen LogP) is 0.264. The third-order valence-electron chi connectivity index (χ3n) is 3.16. The lowest BCUT2D eigenvalue weighted by Gasteiger charge is -2.27. The standard InChI is InChI=1S/C10H19NO2S2/c12-8-10(13)1-2-11(7-10)9-5-14-3-4-15-6-9/h9,12-13H,1-8H2/t10-/m1/s1. The zero-order valence-corrected chi connectivity index (χ0v) is 10.5. The SMILES string of the molecule is OC[C@@]1(O)CCN(C2CSCCSC2)C1. The van der Waals surface area contributed by atoms with Crippen LogP contribution in [0.3, 0.4) is 0 Å². The second-order valence-electron chi connectivity index (χ2n) is 4.41. The van der Waals surface area contributed by atoms with Crippen molar-refractivity contribution < 1.29 is 10.2 Å². The van der Waals surface area contributed by atoms with Crippen molar-refractivity contribution in [3.8, 4) is 0 Å². The fourth-order valence-corrected chi connectivity index (χ4v) is 4.77. The van der Waals surface area contributed by atoms with Crippen LogP contribution < -0.4 is 0 Å². The number of aliphatic hydroxyl groups is 2. The van der Waals surface area contributed by atoms with Gasteiger partial charge in [0, 0.05) is 42.1 Å². The molecule has 2 aliphatic heterocycles. The summed E-state index contributed by atoms with van der Waals surface area (Å²) in [5.74, 6) is 4.85. The summed E-state index contributed by atoms with van der Waals surface area (Å²) in [6.07, 6.45) is 0.718. The van der Waals surface area contributed by atoms with Gasteiger partial charge in [-0.05, 0) is 6.42 Å². The molecule has 0 unspecified atom stereocenters. The van der Waals surface area contributed by atoms with Gasteiger partial charge in [0.25, 0.3) is 0 Å². The molecule has 2 heterocycles. The molecule has 2 N–H and O–H groups in total. The first-order valence-corrected chi connectivity index (χ1v) is 7.77. The quantitative estimate of drug-likeness (QED) is 0.735. The van der Waals surface area contributed by atoms with Crippen LogP contribution in [0.4, 0.5) is 0 Å². The number of thioether (sulfide) groups is 2. The topological polar surface area (TPSA) is 43.7 Å². The molecule has 2 fully saturated rings. The second-order valence-corrected chi connectivity index (χ2v) is 6.71. The predicted molar refractivity (Wildman–Crippen MR) is 66.7 cm³/mol. The lowest BCUT2D eigenvalue weighted by molar-refractivity contribution is -0.00710. The van der Waals surface area contributed by atoms with Crippen LogP contribution in [0, 0.1) is 0 Å². The first-order valence-electron chi connectivity index (χ1n) is 5.46. The molecular formula is C10H19NO2S2. The van der Waals surface area contributed by atoms with Gasteiger partial charge >= 0.3 is 0 Å². The van der Waals surface area contributed by atoms with Gasteiger partial charge in [0.2, 0.25) is 0 Å². The van der Waals surface area contributed by atoms with Crippen molar-refractivity contribution in [1.29, 1.82) is 0 Å². The van der Waals surface area contributed by atoms with E-state index in [0.29, 0.717) is 12.6 Å². The highest BCUT2D eigenvalue weighted by Gasteiger charge is 2.38. The number of nitrogens with zero attached hydrogens (tertiary/aromatic N) is 1. The van der Waals surface area contributed by atoms with Crippen LogP contribution in [0.15, 0.2) is 0 Å². The molecule has 0 saturated carbocycles. The molecule has 2 aliphatic rings. The van der Waals surface area contributed by atoms with Crippen LogP contribution in [-0.2, 0) is 0 Å². The first-order chi connectivity index (χ1) is 7.23. The van der Waals surface area contributed by atoms with Gasteiger partial charge in [0.1, 0.15) is 5.60 Å². The van der Waals surface area contributed by atoms with Gasteiger partial charge in [-0.15, -0.1) is 0 Å². The molecule has 0 radical (unpaired) electrons. The Morgan fingerprint density at radius 3 is 2.47 bits per heavy atom. The number of rotatable bonds is 2. The third-order valence-corrected chi connectivity index (χ3v) is 5.65. The average molecular weight is 249 g/mol. The number of β-amino-alcohol motifs (C(OH)–C–C–N with tert-alkyl or cyclic N) is 1. The summed E-state index contributed by atoms with van der Waals surface area (Å²) in [7, 11) is 0. The highest BCUT2D eigenvalue weighted by Crippen LogP contribution is 2.27. The van der Waals surface area contributed by atoms with Gasteiger partial charge in [-0.3, -0.25) is 4.90 Å². The Morgan fingerprint density at radius 2 is 1.93 bits per heavy atom. The van der Waals surface area contributed by atoms with Crippen LogP contribution in [0.1, 0.15) is 6.42 Å². The minimum absolute atomic E-state index is 0.101. The van der Waals surface area contributed by atoms with E-state index in [9.17, 15) is 5.11 Å². The second kappa shape index (κ2) is 5.27. The number of aliphatic hydroxyl groups excluding tert-OH is 1. The summed E-state index contributed by atoms with van der Waals surface area (Å²) in [4.78, 5) is 2.35. The largest absolute Gasteiger partial charge is 0.393 e. The van der Waals surface area contributed by atoms with Gasteiger partial charge < -0.3 is 10.2 Å². The molecule has 0 spiro atoms. The van der Waals surface area contributed by atoms with E-state index in [1.165, 1.54) is 23.0 Å². The molecule has 2 rings (SSSR count). The Bertz CT molecular complexity index is 210. The smallest absolute Gasteiger partial charge is 0.102 e. The summed E-state index contributed by atoms with van der Waals surface area (Å²) >= 11 is 4.02. The molecule has 0 aromatic heterocycles. The van der Waals surface area contributed by atoms with Crippen LogP contribution in [0.2, 0.25) is 0 Å². The van der Waals surface area contributed by atoms with E-state index in [1.807, 2.05) is 23.5 Å². The highest BCUT2D eigenvalue weighted by atomic mass is 32.2. The van der Waals surface area contributed by atoms with Crippen LogP contribution >= 0.6 is 23.5 Å². The normalized spacial score (nSPS) is 35.6. The monoisotopic (exact) mass is 249 g/mol. The van der Waals surface area contributed by atoms with Gasteiger partial charge in [-0.25, -0.2) is 0 Å². The van der Waals surface area contributed by atoms with E-state index < -0.39 is 5.60 Å². The van der Waals surface area contributed by atoms with E-state index >= 15 is 0 Å². The summed E-state index contributed by atoms with van der Waals surface area (Å²) in [5, 5.41) is 19.1. The Labute approximate surface area is 99.6 Å². The van der Waals surface area contributed by atoms with Crippen LogP contribution in [0.25, 0.3) is 0 Å². The third kappa shape index (κ3) is 3.03. The van der Waals surface area contributed by atoms with E-state index in [2.05, 4.69) is 4.90 Å². The fourth-order valence-electron chi connectivity index (χ4n) is 2.14. The molecule has 0 aliphatic carbocycles. The molecule has 5 heteroatoms. The molecule has 0 bridgehead atoms. The molecule has 0 amide bonds. The molecule has 0 aromatic rings. The van der Waals surface area contributed by atoms with Crippen molar-refractivity contribution in [3.05, 3.63) is 0 Å². The summed E-state index contributed by atoms with van der Waals surface area (Å²) in [6.45, 7) is 1.48. The molecule has 1 atom stereocenters. The average Bonchev–Trinajstić information content (AvgIpc) is 2.50. The molecule has 2 saturated heterocycles. The van der Waals surface area contributed by atoms with Crippen molar-refractivity contribution in [1.82, 2.24) is 4.90 Å². The minimum Gasteiger partial charge on any atom is -0.393 e. The van der Waals surface area contributed by atoms with Gasteiger partial charge in [0.15, 0.2) is 0 Å². The zero-order valence-electron chi connectivity index (χ0n) is 8.89. The lowest BCUT2D eigenvalue weighted by atomic mass is 10.1. The summed E-state index contributed by atoms with van der Waals surface area (Å²) < 4.78 is 0. The Kier molecular flexibility index (Phi) is 4.24. The highest BCUT2D eigenvalue weighted by molar-refractivity contribution is 8.03. The number of hydrogen-bond donors (Lipinski definition) is 2. The minimum atomic E-state index is -0.832. The molecule has 88 valence electrons. The fraction of sp³-hybridized carbons (Fsp3) is 1.00. The summed E-state index contributed by atoms with van der Waals surface area (Å²) in [6, 6.07) is 0.586. The lowest BCUT2D eigenvalue weighted by Crippen LogP contribution is -2.42. The van der Waals surface area contributed by atoms with Crippen molar-refractivity contribution in [2.45, 2.75) is 18.1 Å². The van der Waals surface area contributed by atoms with E-state index in [1.54, 1.807) is 0 Å². The first kappa shape index (κ1) is 12.0. The van der Waals surface area contributed by atoms with Crippen LogP contribution in [0.5, 0.6) is 0 Å². The zero-order chi connectivity index (χ0) is 10.7. The van der Waals surface area contributed by atoms with Crippen molar-refractivity contribution in [2.24, 2.45) is 0 Å². The van der Waals surface area contributed by atoms with Gasteiger partial charge in [0.05, 0.1) is 6.61 Å². The number of likely N-dealkylation sites (tertiary alicyclic amines) is 1. The van der Waals surface area contributed by atoms with Crippen molar-refractivity contribution in [3.63, 3.8) is 0 Å². The Morgan fingerprint density at radius 1 is 1.27 bits per heavy atom. The molecular weight excluding hydrogens is 230 g/mol. The van der Waals surface area contributed by atoms with Gasteiger partial charge in [-0.1, -0.05) is 0 Å². The van der Waals surface area contributed by atoms with E-state index in [-0.39, 0.29) is 6.61 Å². The summed E-state index contributed by atoms with van der Waals surface area (Å²) in [5.41, 5.74) is -0.832. The Balaban J connectivity index is 1.88. The van der Waals surface area contributed by atoms with Crippen LogP contribution in [-0.4, -0.2) is 69.5 Å². The Hall–Kier alpha value is 0.580. The van der Waals surface area contributed by atoms with E-state index in [0.717, 1.165) is 13.0 Å². The number of hydrogen-bond acceptors (Lipinski definition) is 5. The van der Waals surface area contributed by atoms with Gasteiger partial charge in [-0.2, -0.15) is 23.5 Å². The van der Waals surface area contributed by atoms with Crippen molar-refractivity contribution >= 4 is 23.5 Å². The maximum absolute atomic E-state index is 9.97.